The van der Waals surface area contributed by atoms with Gasteiger partial charge in [-0.3, -0.25) is 9.59 Å². The van der Waals surface area contributed by atoms with Gasteiger partial charge in [0.15, 0.2) is 6.10 Å². The zero-order valence-corrected chi connectivity index (χ0v) is 16.9. The summed E-state index contributed by atoms with van der Waals surface area (Å²) >= 11 is 6.06. The number of hydrogen-bond acceptors (Lipinski definition) is 3. The third-order valence-corrected chi connectivity index (χ3v) is 4.65. The fraction of sp³-hybridized carbons (Fsp3) is 0.130. The standard InChI is InChI=1S/C23H21ClN2O3/c1-15-7-3-5-9-20(15)25-22(27)16(2)29-18-13-11-17(12-14-18)23(28)26-21-10-6-4-8-19(21)24/h3-14,16H,1-2H3,(H,25,27)(H,26,28). The van der Waals surface area contributed by atoms with Crippen molar-refractivity contribution in [1.29, 1.82) is 0 Å². The van der Waals surface area contributed by atoms with E-state index in [2.05, 4.69) is 10.6 Å². The van der Waals surface area contributed by atoms with Crippen molar-refractivity contribution in [2.45, 2.75) is 20.0 Å². The molecule has 0 aromatic heterocycles. The maximum absolute atomic E-state index is 12.4. The van der Waals surface area contributed by atoms with Gasteiger partial charge >= 0.3 is 0 Å². The minimum Gasteiger partial charge on any atom is -0.481 e. The van der Waals surface area contributed by atoms with Crippen LogP contribution in [0.15, 0.2) is 72.8 Å². The van der Waals surface area contributed by atoms with E-state index < -0.39 is 6.10 Å². The van der Waals surface area contributed by atoms with E-state index in [1.165, 1.54) is 0 Å². The maximum atomic E-state index is 12.4. The zero-order valence-electron chi connectivity index (χ0n) is 16.1. The summed E-state index contributed by atoms with van der Waals surface area (Å²) in [6, 6.07) is 21.1. The number of amides is 2. The summed E-state index contributed by atoms with van der Waals surface area (Å²) in [6.45, 7) is 3.60. The highest BCUT2D eigenvalue weighted by molar-refractivity contribution is 6.33. The Hall–Kier alpha value is -3.31. The van der Waals surface area contributed by atoms with E-state index in [0.717, 1.165) is 11.3 Å². The quantitative estimate of drug-likeness (QED) is 0.581. The fourth-order valence-electron chi connectivity index (χ4n) is 2.65. The van der Waals surface area contributed by atoms with Crippen LogP contribution in [0.4, 0.5) is 11.4 Å². The number of carbonyl (C=O) groups is 2. The molecule has 5 nitrogen and oxygen atoms in total. The Morgan fingerprint density at radius 2 is 1.48 bits per heavy atom. The van der Waals surface area contributed by atoms with Crippen LogP contribution in [0.1, 0.15) is 22.8 Å². The van der Waals surface area contributed by atoms with Gasteiger partial charge in [0.1, 0.15) is 5.75 Å². The van der Waals surface area contributed by atoms with Crippen LogP contribution >= 0.6 is 11.6 Å². The number of para-hydroxylation sites is 2. The third-order valence-electron chi connectivity index (χ3n) is 4.32. The van der Waals surface area contributed by atoms with Gasteiger partial charge in [0.25, 0.3) is 11.8 Å². The molecule has 2 N–H and O–H groups in total. The lowest BCUT2D eigenvalue weighted by molar-refractivity contribution is -0.122. The number of nitrogens with one attached hydrogen (secondary N) is 2. The second kappa shape index (κ2) is 9.26. The second-order valence-corrected chi connectivity index (χ2v) is 6.93. The van der Waals surface area contributed by atoms with Gasteiger partial charge in [0.05, 0.1) is 10.7 Å². The minimum atomic E-state index is -0.697. The monoisotopic (exact) mass is 408 g/mol. The molecule has 0 heterocycles. The molecule has 0 bridgehead atoms. The molecule has 3 rings (SSSR count). The zero-order chi connectivity index (χ0) is 20.8. The molecule has 3 aromatic carbocycles. The molecule has 0 saturated heterocycles. The van der Waals surface area contributed by atoms with Gasteiger partial charge < -0.3 is 15.4 Å². The van der Waals surface area contributed by atoms with Crippen LogP contribution in [0, 0.1) is 6.92 Å². The van der Waals surface area contributed by atoms with Crippen molar-refractivity contribution in [1.82, 2.24) is 0 Å². The van der Waals surface area contributed by atoms with Crippen LogP contribution < -0.4 is 15.4 Å². The Kier molecular flexibility index (Phi) is 6.52. The van der Waals surface area contributed by atoms with Crippen LogP contribution in [0.3, 0.4) is 0 Å². The Balaban J connectivity index is 1.59. The molecule has 0 fully saturated rings. The Morgan fingerprint density at radius 1 is 0.862 bits per heavy atom. The van der Waals surface area contributed by atoms with Gasteiger partial charge in [-0.25, -0.2) is 0 Å². The molecule has 0 radical (unpaired) electrons. The summed E-state index contributed by atoms with van der Waals surface area (Å²) in [4.78, 5) is 24.7. The van der Waals surface area contributed by atoms with Crippen molar-refractivity contribution in [2.75, 3.05) is 10.6 Å². The van der Waals surface area contributed by atoms with Crippen molar-refractivity contribution in [3.8, 4) is 5.75 Å². The second-order valence-electron chi connectivity index (χ2n) is 6.52. The topological polar surface area (TPSA) is 67.4 Å². The summed E-state index contributed by atoms with van der Waals surface area (Å²) in [6.07, 6.45) is -0.697. The van der Waals surface area contributed by atoms with E-state index in [1.807, 2.05) is 31.2 Å². The Morgan fingerprint density at radius 3 is 2.14 bits per heavy atom. The van der Waals surface area contributed by atoms with E-state index in [1.54, 1.807) is 55.5 Å². The molecule has 0 spiro atoms. The normalized spacial score (nSPS) is 11.4. The summed E-state index contributed by atoms with van der Waals surface area (Å²) in [5.74, 6) is -0.0402. The summed E-state index contributed by atoms with van der Waals surface area (Å²) in [7, 11) is 0. The van der Waals surface area contributed by atoms with E-state index in [-0.39, 0.29) is 11.8 Å². The van der Waals surface area contributed by atoms with Crippen LogP contribution in [0.25, 0.3) is 0 Å². The van der Waals surface area contributed by atoms with E-state index in [0.29, 0.717) is 22.0 Å². The minimum absolute atomic E-state index is 0.250. The smallest absolute Gasteiger partial charge is 0.265 e. The van der Waals surface area contributed by atoms with Crippen LogP contribution in [0.5, 0.6) is 5.75 Å². The number of ether oxygens (including phenoxy) is 1. The average molecular weight is 409 g/mol. The predicted octanol–water partition coefficient (Wildman–Crippen LogP) is 5.31. The number of aryl methyl sites for hydroxylation is 1. The number of halogens is 1. The summed E-state index contributed by atoms with van der Waals surface area (Å²) < 4.78 is 5.70. The molecule has 0 saturated carbocycles. The van der Waals surface area contributed by atoms with Crippen molar-refractivity contribution in [2.24, 2.45) is 0 Å². The lowest BCUT2D eigenvalue weighted by atomic mass is 10.2. The average Bonchev–Trinajstić information content (AvgIpc) is 2.72. The van der Waals surface area contributed by atoms with Crippen molar-refractivity contribution < 1.29 is 14.3 Å². The molecular formula is C23H21ClN2O3. The lowest BCUT2D eigenvalue weighted by Crippen LogP contribution is -2.30. The number of benzene rings is 3. The van der Waals surface area contributed by atoms with E-state index in [9.17, 15) is 9.59 Å². The predicted molar refractivity (Wildman–Crippen MR) is 116 cm³/mol. The molecule has 2 amide bonds. The largest absolute Gasteiger partial charge is 0.481 e. The van der Waals surface area contributed by atoms with Gasteiger partial charge in [-0.1, -0.05) is 41.9 Å². The summed E-state index contributed by atoms with van der Waals surface area (Å²) in [5.41, 5.74) is 2.72. The Bertz CT molecular complexity index is 1020. The Labute approximate surface area is 174 Å². The first-order valence-corrected chi connectivity index (χ1v) is 9.51. The van der Waals surface area contributed by atoms with Gasteiger partial charge in [0, 0.05) is 11.3 Å². The van der Waals surface area contributed by atoms with Gasteiger partial charge in [-0.15, -0.1) is 0 Å². The SMILES string of the molecule is Cc1ccccc1NC(=O)C(C)Oc1ccc(C(=O)Nc2ccccc2Cl)cc1. The van der Waals surface area contributed by atoms with E-state index in [4.69, 9.17) is 16.3 Å². The van der Waals surface area contributed by atoms with Gasteiger partial charge in [-0.2, -0.15) is 0 Å². The number of hydrogen-bond donors (Lipinski definition) is 2. The van der Waals surface area contributed by atoms with Crippen LogP contribution in [-0.4, -0.2) is 17.9 Å². The molecule has 0 aliphatic carbocycles. The maximum Gasteiger partial charge on any atom is 0.265 e. The molecule has 148 valence electrons. The highest BCUT2D eigenvalue weighted by Crippen LogP contribution is 2.22. The van der Waals surface area contributed by atoms with Crippen molar-refractivity contribution >= 4 is 34.8 Å². The molecule has 29 heavy (non-hydrogen) atoms. The first-order valence-electron chi connectivity index (χ1n) is 9.13. The molecule has 1 atom stereocenters. The van der Waals surface area contributed by atoms with Crippen molar-refractivity contribution in [3.05, 3.63) is 88.9 Å². The van der Waals surface area contributed by atoms with Crippen LogP contribution in [-0.2, 0) is 4.79 Å². The molecule has 6 heteroatoms. The highest BCUT2D eigenvalue weighted by atomic mass is 35.5. The fourth-order valence-corrected chi connectivity index (χ4v) is 2.83. The van der Waals surface area contributed by atoms with Gasteiger partial charge in [0.2, 0.25) is 0 Å². The number of anilines is 2. The number of rotatable bonds is 6. The van der Waals surface area contributed by atoms with Crippen molar-refractivity contribution in [3.63, 3.8) is 0 Å². The molecule has 0 aliphatic heterocycles. The van der Waals surface area contributed by atoms with Gasteiger partial charge in [-0.05, 0) is 61.9 Å². The lowest BCUT2D eigenvalue weighted by Gasteiger charge is -2.16. The molecule has 1 unspecified atom stereocenters. The number of carbonyl (C=O) groups excluding carboxylic acids is 2. The molecule has 3 aromatic rings. The first kappa shape index (κ1) is 20.4. The molecule has 0 aliphatic rings. The highest BCUT2D eigenvalue weighted by Gasteiger charge is 2.16. The van der Waals surface area contributed by atoms with Crippen LogP contribution in [0.2, 0.25) is 5.02 Å². The first-order chi connectivity index (χ1) is 13.9. The summed E-state index contributed by atoms with van der Waals surface area (Å²) in [5, 5.41) is 6.08. The van der Waals surface area contributed by atoms with E-state index >= 15 is 0 Å². The molecular weight excluding hydrogens is 388 g/mol. The third kappa shape index (κ3) is 5.36.